The summed E-state index contributed by atoms with van der Waals surface area (Å²) < 4.78 is 5.62. The number of carbonyl (C=O) groups is 1. The van der Waals surface area contributed by atoms with Crippen LogP contribution in [0.15, 0.2) is 36.5 Å². The van der Waals surface area contributed by atoms with Crippen molar-refractivity contribution in [1.29, 1.82) is 0 Å². The number of carboxylic acid groups (broad SMARTS) is 1. The number of rotatable bonds is 6. The van der Waals surface area contributed by atoms with E-state index < -0.39 is 5.97 Å². The largest absolute Gasteiger partial charge is 0.494 e. The number of benzene rings is 1. The molecule has 2 aromatic rings. The maximum atomic E-state index is 10.7. The molecule has 0 bridgehead atoms. The molecule has 1 heterocycles. The summed E-state index contributed by atoms with van der Waals surface area (Å²) in [5, 5.41) is 9.81. The third-order valence-corrected chi connectivity index (χ3v) is 3.05. The van der Waals surface area contributed by atoms with Crippen LogP contribution in [-0.4, -0.2) is 22.7 Å². The smallest absolute Gasteiger partial charge is 0.306 e. The van der Waals surface area contributed by atoms with E-state index in [-0.39, 0.29) is 5.92 Å². The lowest BCUT2D eigenvalue weighted by Crippen LogP contribution is -2.10. The van der Waals surface area contributed by atoms with Gasteiger partial charge in [0, 0.05) is 11.6 Å². The predicted molar refractivity (Wildman–Crippen MR) is 73.3 cm³/mol. The number of aromatic nitrogens is 1. The highest BCUT2D eigenvalue weighted by atomic mass is 16.5. The molecule has 0 amide bonds. The van der Waals surface area contributed by atoms with Gasteiger partial charge in [0.2, 0.25) is 0 Å². The van der Waals surface area contributed by atoms with Crippen LogP contribution in [0.1, 0.15) is 19.8 Å². The molecule has 4 heteroatoms. The van der Waals surface area contributed by atoms with Gasteiger partial charge >= 0.3 is 5.97 Å². The topological polar surface area (TPSA) is 59.4 Å². The van der Waals surface area contributed by atoms with E-state index in [1.54, 1.807) is 13.1 Å². The minimum Gasteiger partial charge on any atom is -0.494 e. The normalized spacial score (nSPS) is 12.3. The Morgan fingerprint density at radius 1 is 1.42 bits per heavy atom. The minimum atomic E-state index is -0.753. The van der Waals surface area contributed by atoms with Crippen LogP contribution in [0.2, 0.25) is 0 Å². The molecular weight excluding hydrogens is 242 g/mol. The molecule has 1 N–H and O–H groups in total. The lowest BCUT2D eigenvalue weighted by molar-refractivity contribution is -0.141. The van der Waals surface area contributed by atoms with Crippen molar-refractivity contribution in [3.8, 4) is 5.75 Å². The van der Waals surface area contributed by atoms with Gasteiger partial charge in [0.15, 0.2) is 0 Å². The van der Waals surface area contributed by atoms with Crippen molar-refractivity contribution >= 4 is 16.9 Å². The van der Waals surface area contributed by atoms with Gasteiger partial charge in [-0.1, -0.05) is 13.0 Å². The van der Waals surface area contributed by atoms with Gasteiger partial charge < -0.3 is 9.84 Å². The zero-order chi connectivity index (χ0) is 13.7. The molecule has 0 saturated heterocycles. The van der Waals surface area contributed by atoms with Gasteiger partial charge in [0.25, 0.3) is 0 Å². The SMILES string of the molecule is CC(CCCOc1ccc2ncccc2c1)C(=O)O. The van der Waals surface area contributed by atoms with E-state index in [1.165, 1.54) is 0 Å². The molecule has 1 atom stereocenters. The van der Waals surface area contributed by atoms with Crippen LogP contribution in [0.25, 0.3) is 10.9 Å². The molecule has 100 valence electrons. The van der Waals surface area contributed by atoms with Crippen LogP contribution in [0.5, 0.6) is 5.75 Å². The van der Waals surface area contributed by atoms with E-state index in [1.807, 2.05) is 30.3 Å². The molecule has 4 nitrogen and oxygen atoms in total. The number of fused-ring (bicyclic) bond motifs is 1. The van der Waals surface area contributed by atoms with Crippen LogP contribution in [0.4, 0.5) is 0 Å². The second-order valence-electron chi connectivity index (χ2n) is 4.59. The number of hydrogen-bond acceptors (Lipinski definition) is 3. The molecule has 1 aromatic heterocycles. The molecule has 1 aromatic carbocycles. The first kappa shape index (κ1) is 13.3. The van der Waals surface area contributed by atoms with Crippen molar-refractivity contribution < 1.29 is 14.6 Å². The maximum Gasteiger partial charge on any atom is 0.306 e. The van der Waals surface area contributed by atoms with Gasteiger partial charge in [0.05, 0.1) is 18.0 Å². The summed E-state index contributed by atoms with van der Waals surface area (Å²) in [4.78, 5) is 14.9. The Bertz CT molecular complexity index is 568. The summed E-state index contributed by atoms with van der Waals surface area (Å²) >= 11 is 0. The Labute approximate surface area is 112 Å². The number of pyridine rings is 1. The molecule has 0 radical (unpaired) electrons. The molecule has 0 aliphatic rings. The number of carboxylic acids is 1. The Kier molecular flexibility index (Phi) is 4.34. The average Bonchev–Trinajstić information content (AvgIpc) is 2.43. The van der Waals surface area contributed by atoms with Gasteiger partial charge in [0.1, 0.15) is 5.75 Å². The lowest BCUT2D eigenvalue weighted by Gasteiger charge is -2.08. The Balaban J connectivity index is 1.86. The number of hydrogen-bond donors (Lipinski definition) is 1. The Morgan fingerprint density at radius 3 is 3.05 bits per heavy atom. The standard InChI is InChI=1S/C15H17NO3/c1-11(15(17)18)4-3-9-19-13-6-7-14-12(10-13)5-2-8-16-14/h2,5-8,10-11H,3-4,9H2,1H3,(H,17,18). The highest BCUT2D eigenvalue weighted by Gasteiger charge is 2.09. The summed E-state index contributed by atoms with van der Waals surface area (Å²) in [6.45, 7) is 2.24. The zero-order valence-corrected chi connectivity index (χ0v) is 10.9. The van der Waals surface area contributed by atoms with Gasteiger partial charge in [-0.15, -0.1) is 0 Å². The molecule has 0 fully saturated rings. The monoisotopic (exact) mass is 259 g/mol. The second kappa shape index (κ2) is 6.18. The van der Waals surface area contributed by atoms with Crippen LogP contribution in [-0.2, 0) is 4.79 Å². The molecular formula is C15H17NO3. The van der Waals surface area contributed by atoms with Gasteiger partial charge in [-0.25, -0.2) is 0 Å². The fourth-order valence-corrected chi connectivity index (χ4v) is 1.85. The third kappa shape index (κ3) is 3.68. The zero-order valence-electron chi connectivity index (χ0n) is 10.9. The fraction of sp³-hybridized carbons (Fsp3) is 0.333. The minimum absolute atomic E-state index is 0.315. The Hall–Kier alpha value is -2.10. The molecule has 0 aliphatic carbocycles. The van der Waals surface area contributed by atoms with E-state index >= 15 is 0 Å². The van der Waals surface area contributed by atoms with Gasteiger partial charge in [-0.05, 0) is 37.1 Å². The molecule has 1 unspecified atom stereocenters. The maximum absolute atomic E-state index is 10.7. The van der Waals surface area contributed by atoms with E-state index in [4.69, 9.17) is 9.84 Å². The molecule has 0 spiro atoms. The number of aliphatic carboxylic acids is 1. The lowest BCUT2D eigenvalue weighted by atomic mass is 10.1. The summed E-state index contributed by atoms with van der Waals surface area (Å²) in [7, 11) is 0. The van der Waals surface area contributed by atoms with E-state index in [0.29, 0.717) is 13.0 Å². The van der Waals surface area contributed by atoms with Crippen molar-refractivity contribution in [2.24, 2.45) is 5.92 Å². The molecule has 0 saturated carbocycles. The predicted octanol–water partition coefficient (Wildman–Crippen LogP) is 3.11. The van der Waals surface area contributed by atoms with E-state index in [9.17, 15) is 4.79 Å². The van der Waals surface area contributed by atoms with E-state index in [0.717, 1.165) is 23.1 Å². The first-order valence-corrected chi connectivity index (χ1v) is 6.37. The van der Waals surface area contributed by atoms with E-state index in [2.05, 4.69) is 4.98 Å². The highest BCUT2D eigenvalue weighted by Crippen LogP contribution is 2.19. The quantitative estimate of drug-likeness (QED) is 0.810. The second-order valence-corrected chi connectivity index (χ2v) is 4.59. The fourth-order valence-electron chi connectivity index (χ4n) is 1.85. The van der Waals surface area contributed by atoms with Gasteiger partial charge in [-0.3, -0.25) is 9.78 Å². The molecule has 0 aliphatic heterocycles. The van der Waals surface area contributed by atoms with Crippen molar-refractivity contribution in [3.63, 3.8) is 0 Å². The number of nitrogens with zero attached hydrogens (tertiary/aromatic N) is 1. The van der Waals surface area contributed by atoms with Crippen molar-refractivity contribution in [1.82, 2.24) is 4.98 Å². The Morgan fingerprint density at radius 2 is 2.26 bits per heavy atom. The van der Waals surface area contributed by atoms with Crippen LogP contribution >= 0.6 is 0 Å². The summed E-state index contributed by atoms with van der Waals surface area (Å²) in [5.74, 6) is -0.273. The van der Waals surface area contributed by atoms with Crippen LogP contribution in [0, 0.1) is 5.92 Å². The highest BCUT2D eigenvalue weighted by molar-refractivity contribution is 5.79. The molecule has 19 heavy (non-hydrogen) atoms. The van der Waals surface area contributed by atoms with Crippen LogP contribution in [0.3, 0.4) is 0 Å². The number of ether oxygens (including phenoxy) is 1. The summed E-state index contributed by atoms with van der Waals surface area (Å²) in [5.41, 5.74) is 0.939. The van der Waals surface area contributed by atoms with Crippen molar-refractivity contribution in [2.45, 2.75) is 19.8 Å². The van der Waals surface area contributed by atoms with Crippen LogP contribution < -0.4 is 4.74 Å². The van der Waals surface area contributed by atoms with Crippen molar-refractivity contribution in [2.75, 3.05) is 6.61 Å². The molecule has 2 rings (SSSR count). The van der Waals surface area contributed by atoms with Crippen molar-refractivity contribution in [3.05, 3.63) is 36.5 Å². The third-order valence-electron chi connectivity index (χ3n) is 3.05. The summed E-state index contributed by atoms with van der Waals surface area (Å²) in [6.07, 6.45) is 3.12. The first-order chi connectivity index (χ1) is 9.16. The summed E-state index contributed by atoms with van der Waals surface area (Å²) in [6, 6.07) is 9.63. The van der Waals surface area contributed by atoms with Gasteiger partial charge in [-0.2, -0.15) is 0 Å². The first-order valence-electron chi connectivity index (χ1n) is 6.37. The average molecular weight is 259 g/mol.